The number of rotatable bonds is 5. The summed E-state index contributed by atoms with van der Waals surface area (Å²) in [4.78, 5) is -0.598. The Morgan fingerprint density at radius 1 is 1.14 bits per heavy atom. The van der Waals surface area contributed by atoms with Gasteiger partial charge in [0.25, 0.3) is 0 Å². The largest absolute Gasteiger partial charge is 0.496 e. The van der Waals surface area contributed by atoms with Crippen LogP contribution >= 0.6 is 0 Å². The van der Waals surface area contributed by atoms with Crippen LogP contribution in [0.15, 0.2) is 47.4 Å². The molecule has 112 valence electrons. The van der Waals surface area contributed by atoms with Crippen LogP contribution < -0.4 is 9.46 Å². The Morgan fingerprint density at radius 2 is 1.86 bits per heavy atom. The van der Waals surface area contributed by atoms with E-state index in [9.17, 15) is 17.2 Å². The summed E-state index contributed by atoms with van der Waals surface area (Å²) in [6.45, 7) is -0.0663. The number of hydrogen-bond donors (Lipinski definition) is 1. The maximum atomic E-state index is 13.5. The van der Waals surface area contributed by atoms with Gasteiger partial charge in [-0.3, -0.25) is 0 Å². The second kappa shape index (κ2) is 6.19. The molecule has 4 nitrogen and oxygen atoms in total. The predicted molar refractivity (Wildman–Crippen MR) is 73.4 cm³/mol. The minimum Gasteiger partial charge on any atom is -0.496 e. The fourth-order valence-electron chi connectivity index (χ4n) is 1.79. The molecule has 0 saturated carbocycles. The van der Waals surface area contributed by atoms with E-state index >= 15 is 0 Å². The number of hydrogen-bond acceptors (Lipinski definition) is 3. The number of sulfonamides is 1. The van der Waals surface area contributed by atoms with Gasteiger partial charge in [-0.05, 0) is 18.2 Å². The van der Waals surface area contributed by atoms with Crippen molar-refractivity contribution >= 4 is 10.0 Å². The van der Waals surface area contributed by atoms with Crippen LogP contribution in [0, 0.1) is 11.6 Å². The fourth-order valence-corrected chi connectivity index (χ4v) is 2.86. The first kappa shape index (κ1) is 15.4. The Kier molecular flexibility index (Phi) is 4.54. The Bertz CT molecular complexity index is 748. The van der Waals surface area contributed by atoms with Gasteiger partial charge in [0.1, 0.15) is 22.3 Å². The summed E-state index contributed by atoms with van der Waals surface area (Å²) in [7, 11) is -2.61. The van der Waals surface area contributed by atoms with Crippen LogP contribution in [0.2, 0.25) is 0 Å². The molecule has 2 aromatic carbocycles. The van der Waals surface area contributed by atoms with E-state index < -0.39 is 26.6 Å². The molecule has 0 bridgehead atoms. The number of halogens is 2. The molecule has 0 atom stereocenters. The average Bonchev–Trinajstić information content (AvgIpc) is 2.45. The van der Waals surface area contributed by atoms with E-state index in [1.165, 1.54) is 7.11 Å². The number of ether oxygens (including phenoxy) is 1. The first-order valence-electron chi connectivity index (χ1n) is 6.00. The van der Waals surface area contributed by atoms with Gasteiger partial charge in [-0.15, -0.1) is 0 Å². The number of benzene rings is 2. The highest BCUT2D eigenvalue weighted by Crippen LogP contribution is 2.19. The summed E-state index contributed by atoms with van der Waals surface area (Å²) >= 11 is 0. The van der Waals surface area contributed by atoms with Crippen LogP contribution in [-0.2, 0) is 16.6 Å². The summed E-state index contributed by atoms with van der Waals surface area (Å²) in [6.07, 6.45) is 0. The highest BCUT2D eigenvalue weighted by molar-refractivity contribution is 7.89. The summed E-state index contributed by atoms with van der Waals surface area (Å²) in [5, 5.41) is 0. The minimum absolute atomic E-state index is 0.0663. The lowest BCUT2D eigenvalue weighted by atomic mass is 10.2. The second-order valence-electron chi connectivity index (χ2n) is 4.21. The first-order valence-corrected chi connectivity index (χ1v) is 7.49. The monoisotopic (exact) mass is 313 g/mol. The summed E-state index contributed by atoms with van der Waals surface area (Å²) in [5.41, 5.74) is 0.603. The summed E-state index contributed by atoms with van der Waals surface area (Å²) in [6, 6.07) is 9.14. The molecule has 0 unspecified atom stereocenters. The van der Waals surface area contributed by atoms with Crippen LogP contribution in [-0.4, -0.2) is 15.5 Å². The van der Waals surface area contributed by atoms with Gasteiger partial charge in [-0.25, -0.2) is 21.9 Å². The van der Waals surface area contributed by atoms with Gasteiger partial charge in [0.05, 0.1) is 7.11 Å². The van der Waals surface area contributed by atoms with Crippen molar-refractivity contribution in [2.24, 2.45) is 0 Å². The molecule has 0 aromatic heterocycles. The van der Waals surface area contributed by atoms with Gasteiger partial charge in [-0.1, -0.05) is 18.2 Å². The Labute approximate surface area is 121 Å². The van der Waals surface area contributed by atoms with E-state index in [0.717, 1.165) is 12.1 Å². The maximum absolute atomic E-state index is 13.5. The van der Waals surface area contributed by atoms with Crippen molar-refractivity contribution in [3.63, 3.8) is 0 Å². The molecule has 0 heterocycles. The number of methoxy groups -OCH3 is 1. The topological polar surface area (TPSA) is 55.4 Å². The van der Waals surface area contributed by atoms with E-state index in [2.05, 4.69) is 4.72 Å². The molecular formula is C14H13F2NO3S. The van der Waals surface area contributed by atoms with Crippen LogP contribution in [0.4, 0.5) is 8.78 Å². The molecule has 0 saturated heterocycles. The lowest BCUT2D eigenvalue weighted by molar-refractivity contribution is 0.409. The summed E-state index contributed by atoms with van der Waals surface area (Å²) in [5.74, 6) is -1.46. The molecule has 0 spiro atoms. The molecule has 1 N–H and O–H groups in total. The zero-order chi connectivity index (χ0) is 15.5. The van der Waals surface area contributed by atoms with Gasteiger partial charge in [0.2, 0.25) is 10.0 Å². The smallest absolute Gasteiger partial charge is 0.243 e. The Hall–Kier alpha value is -1.99. The Balaban J connectivity index is 2.22. The molecule has 0 radical (unpaired) electrons. The highest BCUT2D eigenvalue weighted by atomic mass is 32.2. The molecule has 7 heteroatoms. The third kappa shape index (κ3) is 3.56. The fraction of sp³-hybridized carbons (Fsp3) is 0.143. The molecule has 2 aromatic rings. The lowest BCUT2D eigenvalue weighted by Gasteiger charge is -2.10. The predicted octanol–water partition coefficient (Wildman–Crippen LogP) is 2.45. The third-order valence-electron chi connectivity index (χ3n) is 2.83. The molecule has 0 aliphatic rings. The Morgan fingerprint density at radius 3 is 2.52 bits per heavy atom. The van der Waals surface area contributed by atoms with Gasteiger partial charge < -0.3 is 4.74 Å². The van der Waals surface area contributed by atoms with Crippen molar-refractivity contribution in [3.8, 4) is 5.75 Å². The number of para-hydroxylation sites is 1. The molecule has 2 rings (SSSR count). The molecule has 0 aliphatic heterocycles. The number of nitrogens with one attached hydrogen (secondary N) is 1. The lowest BCUT2D eigenvalue weighted by Crippen LogP contribution is -2.24. The van der Waals surface area contributed by atoms with E-state index in [-0.39, 0.29) is 6.54 Å². The quantitative estimate of drug-likeness (QED) is 0.922. The van der Waals surface area contributed by atoms with Crippen molar-refractivity contribution in [3.05, 3.63) is 59.7 Å². The van der Waals surface area contributed by atoms with Gasteiger partial charge in [0.15, 0.2) is 0 Å². The first-order chi connectivity index (χ1) is 9.94. The zero-order valence-electron chi connectivity index (χ0n) is 11.1. The van der Waals surface area contributed by atoms with Crippen molar-refractivity contribution in [2.45, 2.75) is 11.4 Å². The molecule has 0 amide bonds. The highest BCUT2D eigenvalue weighted by Gasteiger charge is 2.19. The van der Waals surface area contributed by atoms with E-state index in [1.807, 2.05) is 0 Å². The van der Waals surface area contributed by atoms with E-state index in [4.69, 9.17) is 4.74 Å². The van der Waals surface area contributed by atoms with Gasteiger partial charge >= 0.3 is 0 Å². The van der Waals surface area contributed by atoms with Crippen LogP contribution in [0.25, 0.3) is 0 Å². The van der Waals surface area contributed by atoms with Crippen LogP contribution in [0.1, 0.15) is 5.56 Å². The SMILES string of the molecule is COc1ccccc1CNS(=O)(=O)c1ccc(F)cc1F. The average molecular weight is 313 g/mol. The van der Waals surface area contributed by atoms with E-state index in [1.54, 1.807) is 24.3 Å². The van der Waals surface area contributed by atoms with Crippen molar-refractivity contribution in [1.82, 2.24) is 4.72 Å². The van der Waals surface area contributed by atoms with Crippen molar-refractivity contribution in [2.75, 3.05) is 7.11 Å². The van der Waals surface area contributed by atoms with E-state index in [0.29, 0.717) is 17.4 Å². The van der Waals surface area contributed by atoms with Gasteiger partial charge in [-0.2, -0.15) is 0 Å². The molecule has 21 heavy (non-hydrogen) atoms. The zero-order valence-corrected chi connectivity index (χ0v) is 12.0. The molecular weight excluding hydrogens is 300 g/mol. The molecule has 0 fully saturated rings. The summed E-state index contributed by atoms with van der Waals surface area (Å²) < 4.78 is 57.7. The standard InChI is InChI=1S/C14H13F2NO3S/c1-20-13-5-3-2-4-10(13)9-17-21(18,19)14-7-6-11(15)8-12(14)16/h2-8,17H,9H2,1H3. The third-order valence-corrected chi connectivity index (χ3v) is 4.26. The molecule has 0 aliphatic carbocycles. The van der Waals surface area contributed by atoms with Crippen LogP contribution in [0.5, 0.6) is 5.75 Å². The second-order valence-corrected chi connectivity index (χ2v) is 5.95. The maximum Gasteiger partial charge on any atom is 0.243 e. The van der Waals surface area contributed by atoms with Gasteiger partial charge in [0, 0.05) is 18.2 Å². The normalized spacial score (nSPS) is 11.4. The minimum atomic E-state index is -4.08. The van der Waals surface area contributed by atoms with Crippen molar-refractivity contribution < 1.29 is 21.9 Å². The van der Waals surface area contributed by atoms with Crippen LogP contribution in [0.3, 0.4) is 0 Å². The van der Waals surface area contributed by atoms with Crippen molar-refractivity contribution in [1.29, 1.82) is 0 Å².